The Morgan fingerprint density at radius 3 is 2.04 bits per heavy atom. The van der Waals surface area contributed by atoms with Crippen molar-refractivity contribution >= 4 is 17.8 Å². The number of hydrogen-bond donors (Lipinski definition) is 0. The van der Waals surface area contributed by atoms with Crippen LogP contribution in [-0.4, -0.2) is 50.1 Å². The summed E-state index contributed by atoms with van der Waals surface area (Å²) in [6, 6.07) is 5.43. The van der Waals surface area contributed by atoms with Crippen LogP contribution < -0.4 is 4.74 Å². The third-order valence-electron chi connectivity index (χ3n) is 3.31. The van der Waals surface area contributed by atoms with Crippen LogP contribution in [0.3, 0.4) is 0 Å². The molecule has 0 radical (unpaired) electrons. The van der Waals surface area contributed by atoms with E-state index in [4.69, 9.17) is 4.74 Å². The molecule has 130 valence electrons. The number of esters is 2. The predicted molar refractivity (Wildman–Crippen MR) is 86.2 cm³/mol. The molecule has 0 atom stereocenters. The van der Waals surface area contributed by atoms with Crippen LogP contribution in [0.5, 0.6) is 5.75 Å². The molecule has 0 heterocycles. The van der Waals surface area contributed by atoms with E-state index in [2.05, 4.69) is 16.1 Å². The minimum Gasteiger partial charge on any atom is -0.497 e. The average molecular weight is 335 g/mol. The standard InChI is InChI=1S/C17H21NO6/c1-5-6-14(19)18(15(16(20)23-3)17(21)24-4)11-12-7-9-13(22-2)10-8-12/h5,7-10,15H,1,6,11H2,2-4H3. The molecule has 0 saturated carbocycles. The molecule has 0 saturated heterocycles. The van der Waals surface area contributed by atoms with Crippen LogP contribution in [0.4, 0.5) is 0 Å². The fourth-order valence-corrected chi connectivity index (χ4v) is 2.07. The van der Waals surface area contributed by atoms with Gasteiger partial charge in [0.25, 0.3) is 0 Å². The first kappa shape index (κ1) is 19.2. The molecule has 0 aromatic heterocycles. The van der Waals surface area contributed by atoms with E-state index in [1.807, 2.05) is 0 Å². The van der Waals surface area contributed by atoms with Gasteiger partial charge in [0.05, 0.1) is 21.3 Å². The molecule has 1 aromatic rings. The number of amides is 1. The molecular weight excluding hydrogens is 314 g/mol. The van der Waals surface area contributed by atoms with Crippen molar-refractivity contribution in [3.8, 4) is 5.75 Å². The van der Waals surface area contributed by atoms with E-state index in [9.17, 15) is 14.4 Å². The summed E-state index contributed by atoms with van der Waals surface area (Å²) >= 11 is 0. The molecule has 0 fully saturated rings. The van der Waals surface area contributed by atoms with Gasteiger partial charge in [0, 0.05) is 13.0 Å². The largest absolute Gasteiger partial charge is 0.497 e. The van der Waals surface area contributed by atoms with Crippen LogP contribution in [0.1, 0.15) is 12.0 Å². The van der Waals surface area contributed by atoms with Gasteiger partial charge in [0.1, 0.15) is 5.75 Å². The van der Waals surface area contributed by atoms with Gasteiger partial charge in [-0.15, -0.1) is 6.58 Å². The number of carbonyl (C=O) groups excluding carboxylic acids is 3. The number of methoxy groups -OCH3 is 3. The summed E-state index contributed by atoms with van der Waals surface area (Å²) in [7, 11) is 3.82. The SMILES string of the molecule is C=CCC(=O)N(Cc1ccc(OC)cc1)C(C(=O)OC)C(=O)OC. The van der Waals surface area contributed by atoms with E-state index in [0.717, 1.165) is 19.1 Å². The molecule has 1 rings (SSSR count). The van der Waals surface area contributed by atoms with E-state index >= 15 is 0 Å². The molecule has 7 nitrogen and oxygen atoms in total. The lowest BCUT2D eigenvalue weighted by atomic mass is 10.1. The fourth-order valence-electron chi connectivity index (χ4n) is 2.07. The molecule has 0 aliphatic rings. The second kappa shape index (κ2) is 9.34. The van der Waals surface area contributed by atoms with E-state index < -0.39 is 23.9 Å². The Kier molecular flexibility index (Phi) is 7.48. The summed E-state index contributed by atoms with van der Waals surface area (Å²) in [6.45, 7) is 3.54. The Hall–Kier alpha value is -2.83. The summed E-state index contributed by atoms with van der Waals surface area (Å²) in [4.78, 5) is 37.5. The highest BCUT2D eigenvalue weighted by Gasteiger charge is 2.37. The van der Waals surface area contributed by atoms with Crippen LogP contribution in [0.25, 0.3) is 0 Å². The smallest absolute Gasteiger partial charge is 0.340 e. The predicted octanol–water partition coefficient (Wildman–Crippen LogP) is 1.31. The van der Waals surface area contributed by atoms with Crippen LogP contribution in [-0.2, 0) is 30.4 Å². The first-order chi connectivity index (χ1) is 11.5. The van der Waals surface area contributed by atoms with Crippen molar-refractivity contribution in [1.29, 1.82) is 0 Å². The highest BCUT2D eigenvalue weighted by Crippen LogP contribution is 2.16. The summed E-state index contributed by atoms with van der Waals surface area (Å²) in [5.41, 5.74) is 0.714. The van der Waals surface area contributed by atoms with Crippen LogP contribution >= 0.6 is 0 Å². The molecule has 0 bridgehead atoms. The zero-order chi connectivity index (χ0) is 18.1. The van der Waals surface area contributed by atoms with Crippen molar-refractivity contribution in [2.75, 3.05) is 21.3 Å². The van der Waals surface area contributed by atoms with Crippen molar-refractivity contribution in [3.05, 3.63) is 42.5 Å². The van der Waals surface area contributed by atoms with Crippen molar-refractivity contribution in [1.82, 2.24) is 4.90 Å². The van der Waals surface area contributed by atoms with Gasteiger partial charge in [0.15, 0.2) is 0 Å². The lowest BCUT2D eigenvalue weighted by Gasteiger charge is -2.28. The van der Waals surface area contributed by atoms with E-state index in [1.54, 1.807) is 31.4 Å². The Labute approximate surface area is 140 Å². The van der Waals surface area contributed by atoms with Gasteiger partial charge in [-0.05, 0) is 17.7 Å². The van der Waals surface area contributed by atoms with Gasteiger partial charge in [0.2, 0.25) is 11.9 Å². The minimum atomic E-state index is -1.48. The molecule has 0 unspecified atom stereocenters. The van der Waals surface area contributed by atoms with Crippen molar-refractivity contribution in [3.63, 3.8) is 0 Å². The lowest BCUT2D eigenvalue weighted by molar-refractivity contribution is -0.165. The minimum absolute atomic E-state index is 0.0271. The number of ether oxygens (including phenoxy) is 3. The molecule has 24 heavy (non-hydrogen) atoms. The summed E-state index contributed by atoms with van der Waals surface area (Å²) in [5, 5.41) is 0. The molecular formula is C17H21NO6. The van der Waals surface area contributed by atoms with Crippen LogP contribution in [0.2, 0.25) is 0 Å². The highest BCUT2D eigenvalue weighted by atomic mass is 16.5. The molecule has 0 N–H and O–H groups in total. The normalized spacial score (nSPS) is 10.0. The van der Waals surface area contributed by atoms with Gasteiger partial charge in [-0.3, -0.25) is 4.79 Å². The lowest BCUT2D eigenvalue weighted by Crippen LogP contribution is -2.50. The van der Waals surface area contributed by atoms with Crippen molar-refractivity contribution in [2.45, 2.75) is 19.0 Å². The zero-order valence-electron chi connectivity index (χ0n) is 14.0. The number of nitrogens with zero attached hydrogens (tertiary/aromatic N) is 1. The highest BCUT2D eigenvalue weighted by molar-refractivity contribution is 6.02. The Balaban J connectivity index is 3.16. The molecule has 1 aromatic carbocycles. The summed E-state index contributed by atoms with van der Waals surface area (Å²) < 4.78 is 14.4. The van der Waals surface area contributed by atoms with Crippen molar-refractivity contribution in [2.24, 2.45) is 0 Å². The summed E-state index contributed by atoms with van der Waals surface area (Å²) in [5.74, 6) is -1.53. The van der Waals surface area contributed by atoms with Gasteiger partial charge < -0.3 is 19.1 Å². The fraction of sp³-hybridized carbons (Fsp3) is 0.353. The first-order valence-corrected chi connectivity index (χ1v) is 7.17. The van der Waals surface area contributed by atoms with Gasteiger partial charge in [-0.2, -0.15) is 0 Å². The number of hydrogen-bond acceptors (Lipinski definition) is 6. The second-order valence-electron chi connectivity index (χ2n) is 4.81. The topological polar surface area (TPSA) is 82.1 Å². The maximum Gasteiger partial charge on any atom is 0.340 e. The summed E-state index contributed by atoms with van der Waals surface area (Å²) in [6.07, 6.45) is 1.37. The Morgan fingerprint density at radius 2 is 1.62 bits per heavy atom. The van der Waals surface area contributed by atoms with Crippen molar-refractivity contribution < 1.29 is 28.6 Å². The molecule has 0 spiro atoms. The maximum absolute atomic E-state index is 12.4. The van der Waals surface area contributed by atoms with Gasteiger partial charge in [-0.25, -0.2) is 9.59 Å². The molecule has 0 aliphatic heterocycles. The number of rotatable bonds is 8. The first-order valence-electron chi connectivity index (χ1n) is 7.17. The zero-order valence-corrected chi connectivity index (χ0v) is 14.0. The molecule has 0 aliphatic carbocycles. The second-order valence-corrected chi connectivity index (χ2v) is 4.81. The monoisotopic (exact) mass is 335 g/mol. The average Bonchev–Trinajstić information content (AvgIpc) is 2.61. The Morgan fingerprint density at radius 1 is 1.08 bits per heavy atom. The number of carbonyl (C=O) groups is 3. The Bertz CT molecular complexity index is 580. The van der Waals surface area contributed by atoms with Gasteiger partial charge in [-0.1, -0.05) is 18.2 Å². The molecule has 7 heteroatoms. The maximum atomic E-state index is 12.4. The van der Waals surface area contributed by atoms with Gasteiger partial charge >= 0.3 is 11.9 Å². The van der Waals surface area contributed by atoms with E-state index in [0.29, 0.717) is 11.3 Å². The third-order valence-corrected chi connectivity index (χ3v) is 3.31. The molecule has 1 amide bonds. The quantitative estimate of drug-likeness (QED) is 0.405. The van der Waals surface area contributed by atoms with E-state index in [1.165, 1.54) is 6.08 Å². The van der Waals surface area contributed by atoms with Crippen LogP contribution in [0, 0.1) is 0 Å². The van der Waals surface area contributed by atoms with Crippen LogP contribution in [0.15, 0.2) is 36.9 Å². The van der Waals surface area contributed by atoms with E-state index in [-0.39, 0.29) is 13.0 Å². The number of benzene rings is 1. The third kappa shape index (κ3) is 4.84.